The first kappa shape index (κ1) is 9.09. The Morgan fingerprint density at radius 2 is 2.15 bits per heavy atom. The maximum Gasteiger partial charge on any atom is 0.296 e. The van der Waals surface area contributed by atoms with Crippen molar-refractivity contribution in [2.75, 3.05) is 6.61 Å². The molecule has 13 heavy (non-hydrogen) atoms. The molecule has 0 N–H and O–H groups in total. The van der Waals surface area contributed by atoms with Crippen LogP contribution in [0.1, 0.15) is 11.1 Å². The molecule has 1 heterocycles. The van der Waals surface area contributed by atoms with E-state index in [1.54, 1.807) is 12.1 Å². The molecule has 0 atom stereocenters. The van der Waals surface area contributed by atoms with Crippen LogP contribution in [0.5, 0.6) is 0 Å². The third-order valence-corrected chi connectivity index (χ3v) is 2.50. The number of hydrogen-bond donors (Lipinski definition) is 0. The van der Waals surface area contributed by atoms with Gasteiger partial charge in [-0.15, -0.1) is 0 Å². The van der Waals surface area contributed by atoms with E-state index >= 15 is 0 Å². The van der Waals surface area contributed by atoms with E-state index in [1.807, 2.05) is 0 Å². The lowest BCUT2D eigenvalue weighted by Crippen LogP contribution is -2.27. The molecule has 0 radical (unpaired) electrons. The van der Waals surface area contributed by atoms with Crippen LogP contribution in [-0.4, -0.2) is 6.61 Å². The molecule has 0 unspecified atom stereocenters. The summed E-state index contributed by atoms with van der Waals surface area (Å²) in [5.74, 6) is -2.84. The molecule has 1 nitrogen and oxygen atoms in total. The van der Waals surface area contributed by atoms with Gasteiger partial charge in [0.2, 0.25) is 0 Å². The number of benzene rings is 1. The molecule has 0 aliphatic carbocycles. The fourth-order valence-corrected chi connectivity index (χ4v) is 1.81. The van der Waals surface area contributed by atoms with Crippen LogP contribution >= 0.6 is 15.9 Å². The van der Waals surface area contributed by atoms with Crippen LogP contribution in [0.4, 0.5) is 8.78 Å². The minimum atomic E-state index is -2.84. The Kier molecular flexibility index (Phi) is 2.12. The summed E-state index contributed by atoms with van der Waals surface area (Å²) in [4.78, 5) is 0. The van der Waals surface area contributed by atoms with Crippen molar-refractivity contribution in [1.29, 1.82) is 0 Å². The van der Waals surface area contributed by atoms with Gasteiger partial charge in [-0.3, -0.25) is 0 Å². The van der Waals surface area contributed by atoms with Crippen LogP contribution in [0.3, 0.4) is 0 Å². The van der Waals surface area contributed by atoms with Crippen LogP contribution in [0.2, 0.25) is 0 Å². The molecule has 70 valence electrons. The zero-order valence-corrected chi connectivity index (χ0v) is 8.27. The van der Waals surface area contributed by atoms with Crippen LogP contribution < -0.4 is 0 Å². The molecule has 4 heteroatoms. The zero-order valence-electron chi connectivity index (χ0n) is 6.69. The van der Waals surface area contributed by atoms with E-state index < -0.39 is 12.5 Å². The van der Waals surface area contributed by atoms with E-state index in [0.29, 0.717) is 5.56 Å². The molecule has 1 aromatic rings. The molecular formula is C9H7BrF2O. The molecule has 1 aliphatic rings. The number of alkyl halides is 2. The van der Waals surface area contributed by atoms with Gasteiger partial charge < -0.3 is 4.74 Å². The number of rotatable bonds is 0. The molecule has 0 fully saturated rings. The predicted molar refractivity (Wildman–Crippen MR) is 47.7 cm³/mol. The first-order valence-electron chi connectivity index (χ1n) is 3.84. The van der Waals surface area contributed by atoms with E-state index in [0.717, 1.165) is 4.47 Å². The Bertz CT molecular complexity index is 338. The van der Waals surface area contributed by atoms with Gasteiger partial charge >= 0.3 is 0 Å². The van der Waals surface area contributed by atoms with Crippen molar-refractivity contribution < 1.29 is 13.5 Å². The van der Waals surface area contributed by atoms with E-state index in [2.05, 4.69) is 15.9 Å². The molecule has 2 rings (SSSR count). The lowest BCUT2D eigenvalue weighted by atomic mass is 10.0. The van der Waals surface area contributed by atoms with Crippen LogP contribution in [-0.2, 0) is 17.3 Å². The average molecular weight is 249 g/mol. The minimum absolute atomic E-state index is 0.0851. The van der Waals surface area contributed by atoms with Gasteiger partial charge in [0.05, 0.1) is 6.61 Å². The first-order valence-corrected chi connectivity index (χ1v) is 4.63. The zero-order chi connectivity index (χ0) is 9.47. The SMILES string of the molecule is FC1(F)COCc2cc(Br)ccc21. The third kappa shape index (κ3) is 1.60. The third-order valence-electron chi connectivity index (χ3n) is 2.00. The molecular weight excluding hydrogens is 242 g/mol. The highest BCUT2D eigenvalue weighted by Gasteiger charge is 2.37. The monoisotopic (exact) mass is 248 g/mol. The van der Waals surface area contributed by atoms with Crippen molar-refractivity contribution in [3.8, 4) is 0 Å². The van der Waals surface area contributed by atoms with Crippen molar-refractivity contribution in [1.82, 2.24) is 0 Å². The molecule has 0 spiro atoms. The fourth-order valence-electron chi connectivity index (χ4n) is 1.41. The van der Waals surface area contributed by atoms with E-state index in [-0.39, 0.29) is 12.2 Å². The number of fused-ring (bicyclic) bond motifs is 1. The molecule has 0 amide bonds. The van der Waals surface area contributed by atoms with Crippen LogP contribution in [0.15, 0.2) is 22.7 Å². The molecule has 1 aromatic carbocycles. The van der Waals surface area contributed by atoms with Crippen molar-refractivity contribution in [3.05, 3.63) is 33.8 Å². The maximum atomic E-state index is 13.2. The quantitative estimate of drug-likeness (QED) is 0.686. The second-order valence-corrected chi connectivity index (χ2v) is 3.91. The summed E-state index contributed by atoms with van der Waals surface area (Å²) in [7, 11) is 0. The summed E-state index contributed by atoms with van der Waals surface area (Å²) in [5.41, 5.74) is 0.646. The summed E-state index contributed by atoms with van der Waals surface area (Å²) in [5, 5.41) is 0. The molecule has 0 aromatic heterocycles. The summed E-state index contributed by atoms with van der Waals surface area (Å²) in [6.07, 6.45) is 0. The van der Waals surface area contributed by atoms with Gasteiger partial charge in [0.1, 0.15) is 6.61 Å². The minimum Gasteiger partial charge on any atom is -0.370 e. The van der Waals surface area contributed by atoms with Crippen molar-refractivity contribution in [2.45, 2.75) is 12.5 Å². The Hall–Kier alpha value is -0.480. The van der Waals surface area contributed by atoms with Gasteiger partial charge in [0, 0.05) is 10.0 Å². The lowest BCUT2D eigenvalue weighted by Gasteiger charge is -2.25. The summed E-state index contributed by atoms with van der Waals surface area (Å²) < 4.78 is 32.0. The Labute approximate surface area is 82.8 Å². The van der Waals surface area contributed by atoms with Gasteiger partial charge in [-0.1, -0.05) is 22.0 Å². The summed E-state index contributed by atoms with van der Waals surface area (Å²) in [6, 6.07) is 4.74. The normalized spacial score (nSPS) is 19.6. The number of hydrogen-bond acceptors (Lipinski definition) is 1. The van der Waals surface area contributed by atoms with Gasteiger partial charge in [0.15, 0.2) is 0 Å². The van der Waals surface area contributed by atoms with Crippen LogP contribution in [0.25, 0.3) is 0 Å². The fraction of sp³-hybridized carbons (Fsp3) is 0.333. The molecule has 0 saturated heterocycles. The van der Waals surface area contributed by atoms with E-state index in [4.69, 9.17) is 4.74 Å². The van der Waals surface area contributed by atoms with Gasteiger partial charge in [-0.25, -0.2) is 0 Å². The Balaban J connectivity index is 2.53. The summed E-state index contributed by atoms with van der Waals surface area (Å²) in [6.45, 7) is -0.244. The highest BCUT2D eigenvalue weighted by molar-refractivity contribution is 9.10. The van der Waals surface area contributed by atoms with Gasteiger partial charge in [-0.05, 0) is 17.7 Å². The largest absolute Gasteiger partial charge is 0.370 e. The van der Waals surface area contributed by atoms with E-state index in [1.165, 1.54) is 6.07 Å². The van der Waals surface area contributed by atoms with Crippen LogP contribution in [0, 0.1) is 0 Å². The Morgan fingerprint density at radius 1 is 1.38 bits per heavy atom. The lowest BCUT2D eigenvalue weighted by molar-refractivity contribution is -0.103. The first-order chi connectivity index (χ1) is 6.09. The smallest absolute Gasteiger partial charge is 0.296 e. The van der Waals surface area contributed by atoms with Gasteiger partial charge in [-0.2, -0.15) is 8.78 Å². The highest BCUT2D eigenvalue weighted by atomic mass is 79.9. The topological polar surface area (TPSA) is 9.23 Å². The Morgan fingerprint density at radius 3 is 2.92 bits per heavy atom. The molecule has 0 saturated carbocycles. The molecule has 1 aliphatic heterocycles. The second-order valence-electron chi connectivity index (χ2n) is 3.00. The number of ether oxygens (including phenoxy) is 1. The van der Waals surface area contributed by atoms with Crippen molar-refractivity contribution in [3.63, 3.8) is 0 Å². The highest BCUT2D eigenvalue weighted by Crippen LogP contribution is 2.36. The van der Waals surface area contributed by atoms with Crippen molar-refractivity contribution in [2.24, 2.45) is 0 Å². The average Bonchev–Trinajstić information content (AvgIpc) is 2.02. The summed E-state index contributed by atoms with van der Waals surface area (Å²) >= 11 is 3.23. The second kappa shape index (κ2) is 3.03. The van der Waals surface area contributed by atoms with E-state index in [9.17, 15) is 8.78 Å². The van der Waals surface area contributed by atoms with Crippen molar-refractivity contribution >= 4 is 15.9 Å². The molecule has 0 bridgehead atoms. The maximum absolute atomic E-state index is 13.2. The number of halogens is 3. The van der Waals surface area contributed by atoms with Gasteiger partial charge in [0.25, 0.3) is 5.92 Å². The predicted octanol–water partition coefficient (Wildman–Crippen LogP) is 3.07. The standard InChI is InChI=1S/C9H7BrF2O/c10-7-1-2-8-6(3-7)4-13-5-9(8,11)12/h1-3H,4-5H2.